The second kappa shape index (κ2) is 9.88. The first-order valence-electron chi connectivity index (χ1n) is 10.6. The molecular weight excluding hydrogens is 438 g/mol. The summed E-state index contributed by atoms with van der Waals surface area (Å²) in [6.07, 6.45) is 1.28. The number of hydrogen-bond donors (Lipinski definition) is 0. The molecule has 7 heteroatoms. The molecule has 4 rings (SSSR count). The predicted molar refractivity (Wildman–Crippen MR) is 130 cm³/mol. The standard InChI is InChI=1S/C26H24ClN3O3/c1-29(2)20-12-10-19(11-13-20)25-15-24(22-8-3-4-9-23(22)27)28-30(25)26(32)17-33-21-7-5-6-18(14-21)16-31/h3-14,16,25H,15,17H2,1-2H3. The molecule has 0 aromatic heterocycles. The Morgan fingerprint density at radius 3 is 2.58 bits per heavy atom. The van der Waals surface area contributed by atoms with E-state index in [1.807, 2.05) is 67.5 Å². The van der Waals surface area contributed by atoms with Gasteiger partial charge in [0.1, 0.15) is 12.0 Å². The van der Waals surface area contributed by atoms with Gasteiger partial charge in [0.05, 0.1) is 11.8 Å². The second-order valence-electron chi connectivity index (χ2n) is 7.95. The van der Waals surface area contributed by atoms with E-state index in [0.717, 1.165) is 28.8 Å². The maximum absolute atomic E-state index is 13.2. The lowest BCUT2D eigenvalue weighted by Gasteiger charge is -2.23. The van der Waals surface area contributed by atoms with Crippen LogP contribution in [0.4, 0.5) is 5.69 Å². The van der Waals surface area contributed by atoms with Gasteiger partial charge in [-0.1, -0.05) is 54.1 Å². The van der Waals surface area contributed by atoms with Crippen LogP contribution in [0.3, 0.4) is 0 Å². The second-order valence-corrected chi connectivity index (χ2v) is 8.36. The van der Waals surface area contributed by atoms with Crippen molar-refractivity contribution in [3.05, 3.63) is 94.5 Å². The van der Waals surface area contributed by atoms with Crippen molar-refractivity contribution in [1.29, 1.82) is 0 Å². The third kappa shape index (κ3) is 5.07. The molecule has 6 nitrogen and oxygen atoms in total. The Morgan fingerprint density at radius 1 is 1.12 bits per heavy atom. The summed E-state index contributed by atoms with van der Waals surface area (Å²) in [7, 11) is 3.96. The summed E-state index contributed by atoms with van der Waals surface area (Å²) in [4.78, 5) is 26.2. The summed E-state index contributed by atoms with van der Waals surface area (Å²) in [5, 5.41) is 6.72. The van der Waals surface area contributed by atoms with Gasteiger partial charge in [-0.15, -0.1) is 0 Å². The molecule has 0 saturated heterocycles. The van der Waals surface area contributed by atoms with E-state index >= 15 is 0 Å². The molecule has 1 atom stereocenters. The van der Waals surface area contributed by atoms with Crippen LogP contribution in [-0.4, -0.2) is 43.6 Å². The summed E-state index contributed by atoms with van der Waals surface area (Å²) < 4.78 is 5.67. The fourth-order valence-corrected chi connectivity index (χ4v) is 3.99. The van der Waals surface area contributed by atoms with Crippen LogP contribution in [-0.2, 0) is 4.79 Å². The minimum atomic E-state index is -0.282. The van der Waals surface area contributed by atoms with E-state index in [-0.39, 0.29) is 18.6 Å². The fourth-order valence-electron chi connectivity index (χ4n) is 3.74. The number of carbonyl (C=O) groups is 2. The first-order chi connectivity index (χ1) is 16.0. The smallest absolute Gasteiger partial charge is 0.281 e. The van der Waals surface area contributed by atoms with E-state index in [0.29, 0.717) is 22.8 Å². The number of hydrogen-bond acceptors (Lipinski definition) is 5. The largest absolute Gasteiger partial charge is 0.484 e. The molecule has 0 radical (unpaired) electrons. The van der Waals surface area contributed by atoms with E-state index in [1.54, 1.807) is 24.3 Å². The quantitative estimate of drug-likeness (QED) is 0.466. The van der Waals surface area contributed by atoms with Crippen molar-refractivity contribution < 1.29 is 14.3 Å². The number of rotatable bonds is 7. The normalized spacial score (nSPS) is 15.2. The number of anilines is 1. The van der Waals surface area contributed by atoms with E-state index in [9.17, 15) is 9.59 Å². The maximum Gasteiger partial charge on any atom is 0.281 e. The van der Waals surface area contributed by atoms with Crippen molar-refractivity contribution in [2.24, 2.45) is 5.10 Å². The Hall–Kier alpha value is -3.64. The van der Waals surface area contributed by atoms with Gasteiger partial charge in [0.2, 0.25) is 0 Å². The van der Waals surface area contributed by atoms with Crippen LogP contribution >= 0.6 is 11.6 Å². The lowest BCUT2D eigenvalue weighted by Crippen LogP contribution is -2.31. The molecule has 1 amide bonds. The number of carbonyl (C=O) groups excluding carboxylic acids is 2. The molecule has 1 heterocycles. The average Bonchev–Trinajstić information content (AvgIpc) is 3.28. The van der Waals surface area contributed by atoms with Gasteiger partial charge >= 0.3 is 0 Å². The van der Waals surface area contributed by atoms with Crippen LogP contribution in [0.15, 0.2) is 77.9 Å². The molecule has 0 spiro atoms. The molecule has 1 aliphatic rings. The minimum absolute atomic E-state index is 0.201. The highest BCUT2D eigenvalue weighted by Gasteiger charge is 2.34. The number of nitrogens with zero attached hydrogens (tertiary/aromatic N) is 3. The Morgan fingerprint density at radius 2 is 1.88 bits per heavy atom. The van der Waals surface area contributed by atoms with Crippen molar-refractivity contribution in [3.63, 3.8) is 0 Å². The average molecular weight is 462 g/mol. The van der Waals surface area contributed by atoms with Crippen molar-refractivity contribution in [2.75, 3.05) is 25.6 Å². The third-order valence-corrected chi connectivity index (χ3v) is 5.83. The molecule has 0 saturated carbocycles. The van der Waals surface area contributed by atoms with Gasteiger partial charge in [-0.3, -0.25) is 9.59 Å². The molecule has 168 valence electrons. The highest BCUT2D eigenvalue weighted by molar-refractivity contribution is 6.34. The number of ether oxygens (including phenoxy) is 1. The van der Waals surface area contributed by atoms with Crippen molar-refractivity contribution >= 4 is 35.2 Å². The lowest BCUT2D eigenvalue weighted by atomic mass is 9.98. The monoisotopic (exact) mass is 461 g/mol. The Bertz CT molecular complexity index is 1190. The molecule has 0 N–H and O–H groups in total. The highest BCUT2D eigenvalue weighted by Crippen LogP contribution is 2.35. The van der Waals surface area contributed by atoms with Crippen LogP contribution in [0.5, 0.6) is 5.75 Å². The van der Waals surface area contributed by atoms with E-state index < -0.39 is 0 Å². The predicted octanol–water partition coefficient (Wildman–Crippen LogP) is 4.98. The summed E-state index contributed by atoms with van der Waals surface area (Å²) in [6.45, 7) is -0.201. The Kier molecular flexibility index (Phi) is 6.75. The van der Waals surface area contributed by atoms with Gasteiger partial charge in [-0.2, -0.15) is 5.10 Å². The van der Waals surface area contributed by atoms with Crippen LogP contribution in [0, 0.1) is 0 Å². The molecule has 0 fully saturated rings. The SMILES string of the molecule is CN(C)c1ccc(C2CC(c3ccccc3Cl)=NN2C(=O)COc2cccc(C=O)c2)cc1. The molecule has 33 heavy (non-hydrogen) atoms. The molecule has 1 unspecified atom stereocenters. The van der Waals surface area contributed by atoms with Crippen LogP contribution in [0.25, 0.3) is 0 Å². The molecule has 0 bridgehead atoms. The zero-order valence-electron chi connectivity index (χ0n) is 18.4. The Balaban J connectivity index is 1.60. The van der Waals surface area contributed by atoms with Crippen molar-refractivity contribution in [1.82, 2.24) is 5.01 Å². The Labute approximate surface area is 198 Å². The molecular formula is C26H24ClN3O3. The number of benzene rings is 3. The topological polar surface area (TPSA) is 62.2 Å². The van der Waals surface area contributed by atoms with E-state index in [4.69, 9.17) is 16.3 Å². The molecule has 3 aromatic carbocycles. The summed E-state index contributed by atoms with van der Waals surface area (Å²) >= 11 is 6.41. The van der Waals surface area contributed by atoms with Gasteiger partial charge in [-0.25, -0.2) is 5.01 Å². The maximum atomic E-state index is 13.2. The fraction of sp³-hybridized carbons (Fsp3) is 0.192. The zero-order chi connectivity index (χ0) is 23.4. The van der Waals surface area contributed by atoms with Gasteiger partial charge in [-0.05, 0) is 35.9 Å². The third-order valence-electron chi connectivity index (χ3n) is 5.50. The lowest BCUT2D eigenvalue weighted by molar-refractivity contribution is -0.135. The van der Waals surface area contributed by atoms with Gasteiger partial charge in [0.25, 0.3) is 5.91 Å². The van der Waals surface area contributed by atoms with Crippen LogP contribution in [0.1, 0.15) is 33.9 Å². The van der Waals surface area contributed by atoms with Gasteiger partial charge in [0, 0.05) is 42.4 Å². The summed E-state index contributed by atoms with van der Waals surface area (Å²) in [5.74, 6) is 0.171. The molecule has 1 aliphatic heterocycles. The minimum Gasteiger partial charge on any atom is -0.484 e. The van der Waals surface area contributed by atoms with Crippen molar-refractivity contribution in [2.45, 2.75) is 12.5 Å². The molecule has 0 aliphatic carbocycles. The number of halogens is 1. The highest BCUT2D eigenvalue weighted by atomic mass is 35.5. The number of hydrazone groups is 1. The van der Waals surface area contributed by atoms with Crippen LogP contribution < -0.4 is 9.64 Å². The summed E-state index contributed by atoms with van der Waals surface area (Å²) in [5.41, 5.74) is 4.09. The summed E-state index contributed by atoms with van der Waals surface area (Å²) in [6, 6.07) is 22.0. The number of amides is 1. The molecule has 3 aromatic rings. The zero-order valence-corrected chi connectivity index (χ0v) is 19.2. The van der Waals surface area contributed by atoms with Crippen LogP contribution in [0.2, 0.25) is 5.02 Å². The van der Waals surface area contributed by atoms with Gasteiger partial charge < -0.3 is 9.64 Å². The van der Waals surface area contributed by atoms with E-state index in [2.05, 4.69) is 5.10 Å². The first kappa shape index (κ1) is 22.6. The number of aldehydes is 1. The first-order valence-corrected chi connectivity index (χ1v) is 10.9. The van der Waals surface area contributed by atoms with Crippen molar-refractivity contribution in [3.8, 4) is 5.75 Å². The van der Waals surface area contributed by atoms with Gasteiger partial charge in [0.15, 0.2) is 6.61 Å². The van der Waals surface area contributed by atoms with E-state index in [1.165, 1.54) is 5.01 Å².